The highest BCUT2D eigenvalue weighted by atomic mass is 79.9. The zero-order valence-electron chi connectivity index (χ0n) is 10.3. The SMILES string of the molecule is COc1c(Br)cc(Cl)cc1C(Cl)c1cc(Cl)ccc1F. The Morgan fingerprint density at radius 1 is 1.10 bits per heavy atom. The van der Waals surface area contributed by atoms with Crippen molar-refractivity contribution < 1.29 is 9.13 Å². The van der Waals surface area contributed by atoms with Crippen molar-refractivity contribution in [2.75, 3.05) is 7.11 Å². The number of hydrogen-bond acceptors (Lipinski definition) is 1. The lowest BCUT2D eigenvalue weighted by atomic mass is 10.0. The summed E-state index contributed by atoms with van der Waals surface area (Å²) in [5.74, 6) is 0.0707. The zero-order chi connectivity index (χ0) is 14.9. The zero-order valence-corrected chi connectivity index (χ0v) is 14.1. The standard InChI is InChI=1S/C14H9BrCl3FO/c1-20-14-10(5-8(17)6-11(14)15)13(18)9-4-7(16)2-3-12(9)19/h2-6,13H,1H3. The first kappa shape index (κ1) is 15.9. The fraction of sp³-hybridized carbons (Fsp3) is 0.143. The molecule has 1 unspecified atom stereocenters. The second-order valence-corrected chi connectivity index (χ2v) is 6.20. The van der Waals surface area contributed by atoms with Gasteiger partial charge in [0.2, 0.25) is 0 Å². The van der Waals surface area contributed by atoms with E-state index in [1.165, 1.54) is 25.3 Å². The maximum atomic E-state index is 13.9. The molecule has 20 heavy (non-hydrogen) atoms. The van der Waals surface area contributed by atoms with Gasteiger partial charge in [-0.25, -0.2) is 4.39 Å². The van der Waals surface area contributed by atoms with E-state index in [2.05, 4.69) is 15.9 Å². The van der Waals surface area contributed by atoms with Gasteiger partial charge in [-0.3, -0.25) is 0 Å². The largest absolute Gasteiger partial charge is 0.495 e. The Hall–Kier alpha value is -0.480. The molecule has 106 valence electrons. The Morgan fingerprint density at radius 3 is 2.40 bits per heavy atom. The fourth-order valence-electron chi connectivity index (χ4n) is 1.86. The summed E-state index contributed by atoms with van der Waals surface area (Å²) < 4.78 is 19.9. The molecule has 1 atom stereocenters. The summed E-state index contributed by atoms with van der Waals surface area (Å²) in [5.41, 5.74) is 0.835. The van der Waals surface area contributed by atoms with Crippen LogP contribution in [0.15, 0.2) is 34.8 Å². The van der Waals surface area contributed by atoms with Gasteiger partial charge in [0, 0.05) is 21.2 Å². The van der Waals surface area contributed by atoms with E-state index in [-0.39, 0.29) is 5.56 Å². The lowest BCUT2D eigenvalue weighted by Crippen LogP contribution is -2.01. The van der Waals surface area contributed by atoms with Crippen molar-refractivity contribution in [2.24, 2.45) is 0 Å². The molecule has 0 aliphatic carbocycles. The van der Waals surface area contributed by atoms with Crippen molar-refractivity contribution in [3.05, 3.63) is 61.8 Å². The van der Waals surface area contributed by atoms with E-state index in [0.29, 0.717) is 25.8 Å². The molecule has 0 aliphatic heterocycles. The van der Waals surface area contributed by atoms with Crippen LogP contribution in [0.4, 0.5) is 4.39 Å². The van der Waals surface area contributed by atoms with Crippen LogP contribution >= 0.6 is 50.7 Å². The van der Waals surface area contributed by atoms with Gasteiger partial charge in [0.05, 0.1) is 17.0 Å². The van der Waals surface area contributed by atoms with Crippen molar-refractivity contribution in [1.82, 2.24) is 0 Å². The van der Waals surface area contributed by atoms with E-state index in [1.54, 1.807) is 12.1 Å². The van der Waals surface area contributed by atoms with Gasteiger partial charge >= 0.3 is 0 Å². The van der Waals surface area contributed by atoms with E-state index >= 15 is 0 Å². The number of ether oxygens (including phenoxy) is 1. The van der Waals surface area contributed by atoms with Crippen LogP contribution in [0.25, 0.3) is 0 Å². The maximum Gasteiger partial charge on any atom is 0.138 e. The molecule has 2 aromatic rings. The quantitative estimate of drug-likeness (QED) is 0.557. The summed E-state index contributed by atoms with van der Waals surface area (Å²) in [6.45, 7) is 0. The highest BCUT2D eigenvalue weighted by Gasteiger charge is 2.21. The number of rotatable bonds is 3. The van der Waals surface area contributed by atoms with E-state index in [1.807, 2.05) is 0 Å². The van der Waals surface area contributed by atoms with Gasteiger partial charge in [-0.05, 0) is 46.3 Å². The molecule has 2 aromatic carbocycles. The highest BCUT2D eigenvalue weighted by Crippen LogP contribution is 2.42. The van der Waals surface area contributed by atoms with Crippen LogP contribution in [0.2, 0.25) is 10.0 Å². The Labute approximate surface area is 139 Å². The van der Waals surface area contributed by atoms with Crippen LogP contribution in [0.3, 0.4) is 0 Å². The van der Waals surface area contributed by atoms with Gasteiger partial charge in [0.15, 0.2) is 0 Å². The summed E-state index contributed by atoms with van der Waals surface area (Å²) in [4.78, 5) is 0. The predicted molar refractivity (Wildman–Crippen MR) is 84.8 cm³/mol. The van der Waals surface area contributed by atoms with E-state index in [0.717, 1.165) is 0 Å². The maximum absolute atomic E-state index is 13.9. The minimum Gasteiger partial charge on any atom is -0.495 e. The van der Waals surface area contributed by atoms with Crippen molar-refractivity contribution in [1.29, 1.82) is 0 Å². The van der Waals surface area contributed by atoms with Crippen molar-refractivity contribution >= 4 is 50.7 Å². The van der Waals surface area contributed by atoms with Gasteiger partial charge in [-0.1, -0.05) is 23.2 Å². The molecular formula is C14H9BrCl3FO. The molecule has 2 rings (SSSR count). The second-order valence-electron chi connectivity index (χ2n) is 4.04. The number of benzene rings is 2. The van der Waals surface area contributed by atoms with Crippen molar-refractivity contribution in [3.63, 3.8) is 0 Å². The molecule has 0 amide bonds. The van der Waals surface area contributed by atoms with Crippen LogP contribution in [-0.2, 0) is 0 Å². The molecule has 0 aromatic heterocycles. The molecule has 6 heteroatoms. The third-order valence-electron chi connectivity index (χ3n) is 2.75. The lowest BCUT2D eigenvalue weighted by Gasteiger charge is -2.17. The molecule has 0 fully saturated rings. The van der Waals surface area contributed by atoms with Crippen molar-refractivity contribution in [3.8, 4) is 5.75 Å². The van der Waals surface area contributed by atoms with Crippen LogP contribution in [0.5, 0.6) is 5.75 Å². The monoisotopic (exact) mass is 396 g/mol. The molecular weight excluding hydrogens is 389 g/mol. The number of halogens is 5. The molecule has 0 radical (unpaired) electrons. The van der Waals surface area contributed by atoms with E-state index < -0.39 is 11.2 Å². The number of methoxy groups -OCH3 is 1. The van der Waals surface area contributed by atoms with Crippen LogP contribution < -0.4 is 4.74 Å². The Morgan fingerprint density at radius 2 is 1.75 bits per heavy atom. The number of alkyl halides is 1. The highest BCUT2D eigenvalue weighted by molar-refractivity contribution is 9.10. The molecule has 0 saturated heterocycles. The molecule has 1 nitrogen and oxygen atoms in total. The van der Waals surface area contributed by atoms with Gasteiger partial charge in [0.25, 0.3) is 0 Å². The topological polar surface area (TPSA) is 9.23 Å². The smallest absolute Gasteiger partial charge is 0.138 e. The summed E-state index contributed by atoms with van der Waals surface area (Å²) >= 11 is 21.6. The average molecular weight is 398 g/mol. The summed E-state index contributed by atoms with van der Waals surface area (Å²) in [6.07, 6.45) is 0. The fourth-order valence-corrected chi connectivity index (χ4v) is 3.37. The van der Waals surface area contributed by atoms with Gasteiger partial charge in [-0.2, -0.15) is 0 Å². The normalized spacial score (nSPS) is 12.3. The molecule has 0 spiro atoms. The van der Waals surface area contributed by atoms with Crippen LogP contribution in [0, 0.1) is 5.82 Å². The van der Waals surface area contributed by atoms with E-state index in [9.17, 15) is 4.39 Å². The minimum atomic E-state index is -0.765. The molecule has 0 aliphatic rings. The molecule has 0 bridgehead atoms. The minimum absolute atomic E-state index is 0.270. The molecule has 0 N–H and O–H groups in total. The van der Waals surface area contributed by atoms with Gasteiger partial charge in [-0.15, -0.1) is 11.6 Å². The predicted octanol–water partition coefficient (Wildman–Crippen LogP) is 6.23. The van der Waals surface area contributed by atoms with Crippen LogP contribution in [-0.4, -0.2) is 7.11 Å². The first-order valence-electron chi connectivity index (χ1n) is 5.56. The Balaban J connectivity index is 2.58. The average Bonchev–Trinajstić information content (AvgIpc) is 2.40. The Bertz CT molecular complexity index is 649. The summed E-state index contributed by atoms with van der Waals surface area (Å²) in [6, 6.07) is 7.56. The lowest BCUT2D eigenvalue weighted by molar-refractivity contribution is 0.407. The molecule has 0 saturated carbocycles. The summed E-state index contributed by atoms with van der Waals surface area (Å²) in [5, 5.41) is 0.117. The third-order valence-corrected chi connectivity index (χ3v) is 4.26. The van der Waals surface area contributed by atoms with Crippen LogP contribution in [0.1, 0.15) is 16.5 Å². The molecule has 0 heterocycles. The summed E-state index contributed by atoms with van der Waals surface area (Å²) in [7, 11) is 1.51. The number of hydrogen-bond donors (Lipinski definition) is 0. The first-order valence-corrected chi connectivity index (χ1v) is 7.54. The second kappa shape index (κ2) is 6.52. The van der Waals surface area contributed by atoms with Gasteiger partial charge < -0.3 is 4.74 Å². The third kappa shape index (κ3) is 3.22. The van der Waals surface area contributed by atoms with E-state index in [4.69, 9.17) is 39.5 Å². The van der Waals surface area contributed by atoms with Gasteiger partial charge in [0.1, 0.15) is 11.6 Å². The van der Waals surface area contributed by atoms with Crippen molar-refractivity contribution in [2.45, 2.75) is 5.38 Å². The first-order chi connectivity index (χ1) is 9.43. The Kier molecular flexibility index (Phi) is 5.19.